The van der Waals surface area contributed by atoms with Gasteiger partial charge < -0.3 is 9.84 Å². The molecule has 0 heterocycles. The fourth-order valence-corrected chi connectivity index (χ4v) is 2.24. The molecule has 0 bridgehead atoms. The third-order valence-electron chi connectivity index (χ3n) is 3.13. The second-order valence-corrected chi connectivity index (χ2v) is 6.48. The molecule has 0 amide bonds. The van der Waals surface area contributed by atoms with Crippen LogP contribution >= 0.6 is 11.6 Å². The smallest absolute Gasteiger partial charge is 0.303 e. The Hall–Kier alpha value is -1.55. The zero-order valence-electron chi connectivity index (χ0n) is 13.5. The lowest BCUT2D eigenvalue weighted by Gasteiger charge is -2.19. The average molecular weight is 327 g/mol. The number of Topliss-reactive ketones (excluding diaryl/α,β-unsaturated/α-hetero) is 1. The van der Waals surface area contributed by atoms with E-state index in [1.54, 1.807) is 12.1 Å². The van der Waals surface area contributed by atoms with Crippen LogP contribution in [0.3, 0.4) is 0 Å². The highest BCUT2D eigenvalue weighted by Crippen LogP contribution is 2.34. The van der Waals surface area contributed by atoms with Crippen molar-refractivity contribution in [3.05, 3.63) is 28.3 Å². The van der Waals surface area contributed by atoms with E-state index >= 15 is 0 Å². The van der Waals surface area contributed by atoms with Gasteiger partial charge in [-0.25, -0.2) is 0 Å². The van der Waals surface area contributed by atoms with E-state index in [1.807, 2.05) is 27.7 Å². The first-order chi connectivity index (χ1) is 10.2. The number of carboxylic acid groups (broad SMARTS) is 1. The van der Waals surface area contributed by atoms with Gasteiger partial charge in [-0.05, 0) is 29.5 Å². The fraction of sp³-hybridized carbons (Fsp3) is 0.529. The molecular weight excluding hydrogens is 304 g/mol. The number of carboxylic acids is 1. The maximum atomic E-state index is 12.3. The number of carbonyl (C=O) groups excluding carboxylic acids is 1. The van der Waals surface area contributed by atoms with Crippen LogP contribution in [0.5, 0.6) is 5.75 Å². The SMILES string of the molecule is CC(C)COc1c(C(=O)CCC(=O)O)cc(Cl)cc1C(C)C. The van der Waals surface area contributed by atoms with E-state index in [9.17, 15) is 9.59 Å². The molecule has 1 N–H and O–H groups in total. The molecule has 122 valence electrons. The summed E-state index contributed by atoms with van der Waals surface area (Å²) in [6.07, 6.45) is -0.267. The number of rotatable bonds is 8. The molecule has 22 heavy (non-hydrogen) atoms. The van der Waals surface area contributed by atoms with Crippen molar-refractivity contribution in [3.63, 3.8) is 0 Å². The van der Waals surface area contributed by atoms with Crippen LogP contribution in [0, 0.1) is 5.92 Å². The summed E-state index contributed by atoms with van der Waals surface area (Å²) in [5.74, 6) is -0.261. The highest BCUT2D eigenvalue weighted by molar-refractivity contribution is 6.31. The highest BCUT2D eigenvalue weighted by Gasteiger charge is 2.20. The van der Waals surface area contributed by atoms with Gasteiger partial charge in [0.25, 0.3) is 0 Å². The van der Waals surface area contributed by atoms with Gasteiger partial charge in [0.15, 0.2) is 5.78 Å². The number of benzene rings is 1. The molecule has 0 unspecified atom stereocenters. The molecule has 0 saturated heterocycles. The molecule has 0 aliphatic carbocycles. The third-order valence-corrected chi connectivity index (χ3v) is 3.35. The Bertz CT molecular complexity index is 550. The van der Waals surface area contributed by atoms with E-state index in [0.29, 0.717) is 28.9 Å². The first-order valence-corrected chi connectivity index (χ1v) is 7.81. The molecule has 0 radical (unpaired) electrons. The highest BCUT2D eigenvalue weighted by atomic mass is 35.5. The first-order valence-electron chi connectivity index (χ1n) is 7.43. The van der Waals surface area contributed by atoms with Gasteiger partial charge in [0.05, 0.1) is 18.6 Å². The molecule has 0 aromatic heterocycles. The van der Waals surface area contributed by atoms with Gasteiger partial charge in [-0.1, -0.05) is 39.3 Å². The Labute approximate surface area is 136 Å². The molecule has 0 saturated carbocycles. The topological polar surface area (TPSA) is 63.6 Å². The molecule has 0 atom stereocenters. The Morgan fingerprint density at radius 3 is 2.32 bits per heavy atom. The van der Waals surface area contributed by atoms with Crippen molar-refractivity contribution in [1.29, 1.82) is 0 Å². The Kier molecular flexibility index (Phi) is 6.88. The van der Waals surface area contributed by atoms with Crippen LogP contribution in [0.15, 0.2) is 12.1 Å². The van der Waals surface area contributed by atoms with Gasteiger partial charge in [0.1, 0.15) is 5.75 Å². The number of aliphatic carboxylic acids is 1. The molecule has 4 nitrogen and oxygen atoms in total. The van der Waals surface area contributed by atoms with Crippen molar-refractivity contribution < 1.29 is 19.4 Å². The summed E-state index contributed by atoms with van der Waals surface area (Å²) in [5, 5.41) is 9.20. The molecule has 0 aliphatic heterocycles. The van der Waals surface area contributed by atoms with Gasteiger partial charge in [-0.15, -0.1) is 0 Å². The minimum absolute atomic E-state index is 0.0642. The Balaban J connectivity index is 3.21. The molecule has 0 spiro atoms. The molecule has 1 aromatic carbocycles. The summed E-state index contributed by atoms with van der Waals surface area (Å²) in [6.45, 7) is 8.53. The lowest BCUT2D eigenvalue weighted by molar-refractivity contribution is -0.136. The minimum Gasteiger partial charge on any atom is -0.492 e. The molecule has 0 fully saturated rings. The van der Waals surface area contributed by atoms with E-state index in [1.165, 1.54) is 0 Å². The summed E-state index contributed by atoms with van der Waals surface area (Å²) in [6, 6.07) is 3.36. The van der Waals surface area contributed by atoms with Gasteiger partial charge >= 0.3 is 5.97 Å². The number of carbonyl (C=O) groups is 2. The lowest BCUT2D eigenvalue weighted by atomic mass is 9.96. The van der Waals surface area contributed by atoms with E-state index in [-0.39, 0.29) is 24.5 Å². The number of ether oxygens (including phenoxy) is 1. The molecule has 1 rings (SSSR count). The minimum atomic E-state index is -0.996. The molecule has 5 heteroatoms. The van der Waals surface area contributed by atoms with Gasteiger partial charge in [-0.3, -0.25) is 9.59 Å². The monoisotopic (exact) mass is 326 g/mol. The van der Waals surface area contributed by atoms with Crippen LogP contribution in [-0.4, -0.2) is 23.5 Å². The van der Waals surface area contributed by atoms with Crippen LogP contribution in [-0.2, 0) is 4.79 Å². The number of hydrogen-bond donors (Lipinski definition) is 1. The number of hydrogen-bond acceptors (Lipinski definition) is 3. The van der Waals surface area contributed by atoms with E-state index < -0.39 is 5.97 Å². The maximum absolute atomic E-state index is 12.3. The maximum Gasteiger partial charge on any atom is 0.303 e. The van der Waals surface area contributed by atoms with Crippen molar-refractivity contribution in [2.45, 2.75) is 46.5 Å². The Morgan fingerprint density at radius 2 is 1.82 bits per heavy atom. The molecule has 1 aromatic rings. The fourth-order valence-electron chi connectivity index (χ4n) is 2.02. The van der Waals surface area contributed by atoms with Crippen molar-refractivity contribution >= 4 is 23.4 Å². The largest absolute Gasteiger partial charge is 0.492 e. The van der Waals surface area contributed by atoms with Crippen LogP contribution < -0.4 is 4.74 Å². The summed E-state index contributed by atoms with van der Waals surface area (Å²) < 4.78 is 5.85. The van der Waals surface area contributed by atoms with Crippen LogP contribution in [0.2, 0.25) is 5.02 Å². The standard InChI is InChI=1S/C17H23ClO4/c1-10(2)9-22-17-13(11(3)4)7-12(18)8-14(17)15(19)5-6-16(20)21/h7-8,10-11H,5-6,9H2,1-4H3,(H,20,21). The normalized spacial score (nSPS) is 11.0. The van der Waals surface area contributed by atoms with E-state index in [0.717, 1.165) is 5.56 Å². The Morgan fingerprint density at radius 1 is 1.18 bits per heavy atom. The first kappa shape index (κ1) is 18.5. The second-order valence-electron chi connectivity index (χ2n) is 6.05. The lowest BCUT2D eigenvalue weighted by Crippen LogP contribution is -2.12. The molecule has 0 aliphatic rings. The van der Waals surface area contributed by atoms with Crippen molar-refractivity contribution in [3.8, 4) is 5.75 Å². The predicted molar refractivity (Wildman–Crippen MR) is 87.1 cm³/mol. The van der Waals surface area contributed by atoms with E-state index in [2.05, 4.69) is 0 Å². The van der Waals surface area contributed by atoms with Crippen LogP contribution in [0.4, 0.5) is 0 Å². The van der Waals surface area contributed by atoms with Crippen molar-refractivity contribution in [2.24, 2.45) is 5.92 Å². The summed E-state index contributed by atoms with van der Waals surface area (Å²) in [7, 11) is 0. The number of halogens is 1. The quantitative estimate of drug-likeness (QED) is 0.712. The van der Waals surface area contributed by atoms with E-state index in [4.69, 9.17) is 21.4 Å². The van der Waals surface area contributed by atoms with Gasteiger partial charge in [0, 0.05) is 11.4 Å². The van der Waals surface area contributed by atoms with Gasteiger partial charge in [0.2, 0.25) is 0 Å². The van der Waals surface area contributed by atoms with Crippen molar-refractivity contribution in [2.75, 3.05) is 6.61 Å². The summed E-state index contributed by atoms with van der Waals surface area (Å²) in [4.78, 5) is 23.0. The zero-order chi connectivity index (χ0) is 16.9. The van der Waals surface area contributed by atoms with Crippen molar-refractivity contribution in [1.82, 2.24) is 0 Å². The zero-order valence-corrected chi connectivity index (χ0v) is 14.2. The summed E-state index contributed by atoms with van der Waals surface area (Å²) in [5.41, 5.74) is 1.24. The van der Waals surface area contributed by atoms with Gasteiger partial charge in [-0.2, -0.15) is 0 Å². The summed E-state index contributed by atoms with van der Waals surface area (Å²) >= 11 is 6.11. The van der Waals surface area contributed by atoms with Crippen LogP contribution in [0.1, 0.15) is 62.4 Å². The number of ketones is 1. The second kappa shape index (κ2) is 8.18. The predicted octanol–water partition coefficient (Wildman–Crippen LogP) is 4.55. The average Bonchev–Trinajstić information content (AvgIpc) is 2.42. The molecular formula is C17H23ClO4. The van der Waals surface area contributed by atoms with Crippen LogP contribution in [0.25, 0.3) is 0 Å². The third kappa shape index (κ3) is 5.34.